The van der Waals surface area contributed by atoms with Gasteiger partial charge in [0, 0.05) is 25.1 Å². The quantitative estimate of drug-likeness (QED) is 0.720. The molecule has 3 aromatic rings. The summed E-state index contributed by atoms with van der Waals surface area (Å²) in [7, 11) is 1.62. The van der Waals surface area contributed by atoms with E-state index in [2.05, 4.69) is 10.1 Å². The smallest absolute Gasteiger partial charge is 0.259 e. The number of hydrogen-bond donors (Lipinski definition) is 0. The summed E-state index contributed by atoms with van der Waals surface area (Å²) in [6.45, 7) is 3.90. The van der Waals surface area contributed by atoms with Crippen LogP contribution in [0.25, 0.3) is 17.1 Å². The predicted octanol–water partition coefficient (Wildman–Crippen LogP) is 3.16. The highest BCUT2D eigenvalue weighted by atomic mass is 16.5. The summed E-state index contributed by atoms with van der Waals surface area (Å²) in [5.74, 6) is 0.839. The molecule has 0 saturated carbocycles. The van der Waals surface area contributed by atoms with Crippen molar-refractivity contribution in [3.05, 3.63) is 64.8 Å². The molecular weight excluding hydrogens is 306 g/mol. The van der Waals surface area contributed by atoms with Crippen molar-refractivity contribution < 1.29 is 9.26 Å². The van der Waals surface area contributed by atoms with Gasteiger partial charge in [0.25, 0.3) is 11.4 Å². The molecule has 0 aliphatic heterocycles. The first-order chi connectivity index (χ1) is 11.6. The van der Waals surface area contributed by atoms with Crippen molar-refractivity contribution in [1.82, 2.24) is 14.7 Å². The molecule has 0 aliphatic rings. The first-order valence-electron chi connectivity index (χ1n) is 7.75. The Morgan fingerprint density at radius 3 is 2.62 bits per heavy atom. The Bertz CT molecular complexity index is 880. The highest BCUT2D eigenvalue weighted by Gasteiger charge is 2.30. The van der Waals surface area contributed by atoms with Crippen LogP contribution in [0, 0.1) is 0 Å². The molecule has 124 valence electrons. The molecule has 1 atom stereocenters. The highest BCUT2D eigenvalue weighted by Crippen LogP contribution is 2.27. The summed E-state index contributed by atoms with van der Waals surface area (Å²) >= 11 is 0. The van der Waals surface area contributed by atoms with Crippen molar-refractivity contribution in [2.75, 3.05) is 7.11 Å². The number of pyridine rings is 1. The summed E-state index contributed by atoms with van der Waals surface area (Å²) in [5.41, 5.74) is 0.724. The lowest BCUT2D eigenvalue weighted by Crippen LogP contribution is -2.24. The van der Waals surface area contributed by atoms with Gasteiger partial charge in [-0.2, -0.15) is 4.98 Å². The van der Waals surface area contributed by atoms with Gasteiger partial charge in [0.05, 0.1) is 5.56 Å². The second-order valence-corrected chi connectivity index (χ2v) is 5.67. The topological polar surface area (TPSA) is 70.2 Å². The summed E-state index contributed by atoms with van der Waals surface area (Å²) in [4.78, 5) is 16.6. The Morgan fingerprint density at radius 1 is 1.21 bits per heavy atom. The molecule has 2 aromatic heterocycles. The van der Waals surface area contributed by atoms with Crippen molar-refractivity contribution in [3.8, 4) is 17.1 Å². The average Bonchev–Trinajstić information content (AvgIpc) is 3.13. The van der Waals surface area contributed by atoms with Gasteiger partial charge in [-0.3, -0.25) is 9.36 Å². The zero-order valence-corrected chi connectivity index (χ0v) is 13.9. The Labute approximate surface area is 139 Å². The molecule has 2 heterocycles. The zero-order chi connectivity index (χ0) is 17.2. The molecule has 1 aromatic carbocycles. The summed E-state index contributed by atoms with van der Waals surface area (Å²) in [6.07, 6.45) is 2.41. The van der Waals surface area contributed by atoms with Crippen LogP contribution in [0.4, 0.5) is 0 Å². The number of ether oxygens (including phenoxy) is 1. The normalized spacial score (nSPS) is 13.6. The zero-order valence-electron chi connectivity index (χ0n) is 13.9. The number of para-hydroxylation sites is 1. The van der Waals surface area contributed by atoms with E-state index in [-0.39, 0.29) is 5.56 Å². The fourth-order valence-electron chi connectivity index (χ4n) is 2.35. The van der Waals surface area contributed by atoms with E-state index in [4.69, 9.17) is 9.26 Å². The predicted molar refractivity (Wildman–Crippen MR) is 90.0 cm³/mol. The van der Waals surface area contributed by atoms with Gasteiger partial charge in [0.2, 0.25) is 5.82 Å². The number of benzene rings is 1. The molecule has 6 nitrogen and oxygen atoms in total. The molecule has 6 heteroatoms. The average molecular weight is 325 g/mol. The molecule has 24 heavy (non-hydrogen) atoms. The number of methoxy groups -OCH3 is 1. The van der Waals surface area contributed by atoms with Crippen LogP contribution in [0.2, 0.25) is 0 Å². The van der Waals surface area contributed by atoms with Crippen LogP contribution < -0.4 is 5.56 Å². The van der Waals surface area contributed by atoms with Crippen LogP contribution in [0.15, 0.2) is 58.0 Å². The maximum absolute atomic E-state index is 12.1. The second-order valence-electron chi connectivity index (χ2n) is 5.67. The Morgan fingerprint density at radius 2 is 1.96 bits per heavy atom. The molecule has 0 bridgehead atoms. The third-order valence-electron chi connectivity index (χ3n) is 4.22. The van der Waals surface area contributed by atoms with Crippen LogP contribution in [0.3, 0.4) is 0 Å². The van der Waals surface area contributed by atoms with Crippen molar-refractivity contribution in [1.29, 1.82) is 0 Å². The number of aromatic nitrogens is 3. The minimum atomic E-state index is -0.602. The molecule has 0 spiro atoms. The molecule has 1 unspecified atom stereocenters. The molecular formula is C18H19N3O3. The molecule has 0 amide bonds. The maximum atomic E-state index is 12.1. The van der Waals surface area contributed by atoms with Crippen molar-refractivity contribution in [2.24, 2.45) is 0 Å². The van der Waals surface area contributed by atoms with Gasteiger partial charge in [-0.1, -0.05) is 30.3 Å². The number of rotatable bonds is 5. The van der Waals surface area contributed by atoms with Gasteiger partial charge in [0.1, 0.15) is 5.60 Å². The van der Waals surface area contributed by atoms with E-state index in [9.17, 15) is 4.79 Å². The Balaban J connectivity index is 2.03. The van der Waals surface area contributed by atoms with Crippen molar-refractivity contribution >= 4 is 0 Å². The van der Waals surface area contributed by atoms with Gasteiger partial charge >= 0.3 is 0 Å². The summed E-state index contributed by atoms with van der Waals surface area (Å²) < 4.78 is 12.4. The number of hydrogen-bond acceptors (Lipinski definition) is 5. The van der Waals surface area contributed by atoms with Crippen molar-refractivity contribution in [2.45, 2.75) is 25.9 Å². The Kier molecular flexibility index (Phi) is 4.31. The van der Waals surface area contributed by atoms with E-state index in [0.29, 0.717) is 23.7 Å². The first kappa shape index (κ1) is 16.1. The fourth-order valence-corrected chi connectivity index (χ4v) is 2.35. The molecule has 0 saturated heterocycles. The van der Waals surface area contributed by atoms with E-state index in [1.165, 1.54) is 6.07 Å². The third kappa shape index (κ3) is 2.88. The van der Waals surface area contributed by atoms with E-state index < -0.39 is 5.60 Å². The van der Waals surface area contributed by atoms with Crippen LogP contribution in [-0.2, 0) is 10.3 Å². The Hall–Kier alpha value is -2.73. The lowest BCUT2D eigenvalue weighted by Gasteiger charge is -2.21. The van der Waals surface area contributed by atoms with Crippen LogP contribution in [0.5, 0.6) is 0 Å². The van der Waals surface area contributed by atoms with Gasteiger partial charge < -0.3 is 9.26 Å². The third-order valence-corrected chi connectivity index (χ3v) is 4.22. The first-order valence-corrected chi connectivity index (χ1v) is 7.75. The minimum absolute atomic E-state index is 0.125. The van der Waals surface area contributed by atoms with Crippen LogP contribution in [-0.4, -0.2) is 21.8 Å². The molecule has 0 N–H and O–H groups in total. The van der Waals surface area contributed by atoms with E-state index >= 15 is 0 Å². The monoisotopic (exact) mass is 325 g/mol. The molecule has 0 fully saturated rings. The maximum Gasteiger partial charge on any atom is 0.259 e. The van der Waals surface area contributed by atoms with Gasteiger partial charge in [0.15, 0.2) is 0 Å². The molecule has 3 rings (SSSR count). The largest absolute Gasteiger partial charge is 0.370 e. The highest BCUT2D eigenvalue weighted by molar-refractivity contribution is 5.52. The van der Waals surface area contributed by atoms with Crippen LogP contribution >= 0.6 is 0 Å². The summed E-state index contributed by atoms with van der Waals surface area (Å²) in [6, 6.07) is 12.6. The van der Waals surface area contributed by atoms with E-state index in [0.717, 1.165) is 5.69 Å². The van der Waals surface area contributed by atoms with E-state index in [1.54, 1.807) is 23.9 Å². The van der Waals surface area contributed by atoms with Crippen LogP contribution in [0.1, 0.15) is 26.1 Å². The lowest BCUT2D eigenvalue weighted by atomic mass is 10.0. The SMILES string of the molecule is CCC(C)(OC)c1noc(-c2ccc(=O)n(-c3ccccc3)c2)n1. The standard InChI is InChI=1S/C18H19N3O3/c1-4-18(2,23-3)17-19-16(24-20-17)13-10-11-15(22)21(12-13)14-8-6-5-7-9-14/h5-12H,4H2,1-3H3. The number of nitrogens with zero attached hydrogens (tertiary/aromatic N) is 3. The molecule has 0 aliphatic carbocycles. The molecule has 0 radical (unpaired) electrons. The lowest BCUT2D eigenvalue weighted by molar-refractivity contribution is -0.0106. The summed E-state index contributed by atoms with van der Waals surface area (Å²) in [5, 5.41) is 4.03. The van der Waals surface area contributed by atoms with Gasteiger partial charge in [-0.05, 0) is 31.5 Å². The minimum Gasteiger partial charge on any atom is -0.370 e. The second kappa shape index (κ2) is 6.41. The van der Waals surface area contributed by atoms with Gasteiger partial charge in [-0.25, -0.2) is 0 Å². The van der Waals surface area contributed by atoms with E-state index in [1.807, 2.05) is 44.2 Å². The van der Waals surface area contributed by atoms with Gasteiger partial charge in [-0.15, -0.1) is 0 Å². The van der Waals surface area contributed by atoms with Crippen molar-refractivity contribution in [3.63, 3.8) is 0 Å². The fraction of sp³-hybridized carbons (Fsp3) is 0.278.